The highest BCUT2D eigenvalue weighted by atomic mass is 32.2. The van der Waals surface area contributed by atoms with Gasteiger partial charge in [0, 0.05) is 38.8 Å². The predicted octanol–water partition coefficient (Wildman–Crippen LogP) is 3.61. The first-order valence-corrected chi connectivity index (χ1v) is 16.0. The molecule has 9 heteroatoms. The van der Waals surface area contributed by atoms with Crippen LogP contribution >= 0.6 is 0 Å². The van der Waals surface area contributed by atoms with Gasteiger partial charge < -0.3 is 24.2 Å². The lowest BCUT2D eigenvalue weighted by Crippen LogP contribution is -2.50. The minimum Gasteiger partial charge on any atom is -0.497 e. The fraction of sp³-hybridized carbons (Fsp3) is 0.767. The summed E-state index contributed by atoms with van der Waals surface area (Å²) in [7, 11) is 4.08. The molecule has 0 N–H and O–H groups in total. The fourth-order valence-corrected chi connectivity index (χ4v) is 7.95. The van der Waals surface area contributed by atoms with E-state index in [1.165, 1.54) is 64.7 Å². The number of carbonyl (C=O) groups excluding carboxylic acids is 1. The molecule has 0 spiro atoms. The van der Waals surface area contributed by atoms with Gasteiger partial charge in [-0.25, -0.2) is 8.51 Å². The number of rotatable bonds is 11. The van der Waals surface area contributed by atoms with Crippen molar-refractivity contribution in [3.8, 4) is 5.75 Å². The van der Waals surface area contributed by atoms with Crippen LogP contribution in [0.15, 0.2) is 17.0 Å². The molecular weight excluding hydrogens is 512 g/mol. The molecule has 1 amide bonds. The van der Waals surface area contributed by atoms with E-state index in [0.717, 1.165) is 40.7 Å². The molecule has 1 aromatic carbocycles. The molecule has 1 atom stereocenters. The summed E-state index contributed by atoms with van der Waals surface area (Å²) >= 11 is 0. The summed E-state index contributed by atoms with van der Waals surface area (Å²) in [6, 6.07) is 5.60. The number of aryl methyl sites for hydroxylation is 2. The number of ether oxygens (including phenoxy) is 2. The van der Waals surface area contributed by atoms with Gasteiger partial charge in [-0.15, -0.1) is 0 Å². The number of nitrogens with zero attached hydrogens (tertiary/aromatic N) is 4. The molecule has 39 heavy (non-hydrogen) atoms. The minimum atomic E-state index is -1.30. The quantitative estimate of drug-likeness (QED) is 0.384. The molecule has 2 saturated heterocycles. The van der Waals surface area contributed by atoms with Crippen LogP contribution in [0.1, 0.15) is 62.5 Å². The molecular formula is C30H50N4O4S. The molecule has 3 aliphatic rings. The molecule has 1 aromatic rings. The summed E-state index contributed by atoms with van der Waals surface area (Å²) in [6.07, 6.45) is 9.89. The van der Waals surface area contributed by atoms with Crippen LogP contribution in [-0.2, 0) is 20.5 Å². The highest BCUT2D eigenvalue weighted by molar-refractivity contribution is 7.82. The monoisotopic (exact) mass is 562 g/mol. The van der Waals surface area contributed by atoms with Crippen LogP contribution in [0.25, 0.3) is 0 Å². The normalized spacial score (nSPS) is 24.3. The number of hydrogen-bond donors (Lipinski definition) is 0. The van der Waals surface area contributed by atoms with Crippen molar-refractivity contribution in [3.05, 3.63) is 23.3 Å². The topological polar surface area (TPSA) is 65.6 Å². The standard InChI is InChI=1S/C30H50N4O4S/c1-23-20-28(37-5)21-24(2)30(23)39(36)31(3)18-19-38-22-29(35)32(4)25-8-10-26(11-9-25)34-16-12-27(13-17-34)33-14-6-7-15-33/h20-21,25-27H,6-19,22H2,1-5H3. The van der Waals surface area contributed by atoms with Crippen molar-refractivity contribution in [2.24, 2.45) is 0 Å². The Kier molecular flexibility index (Phi) is 11.2. The number of amides is 1. The average Bonchev–Trinajstić information content (AvgIpc) is 3.49. The molecule has 1 aliphatic carbocycles. The number of methoxy groups -OCH3 is 1. The molecule has 0 bridgehead atoms. The van der Waals surface area contributed by atoms with E-state index in [4.69, 9.17) is 9.47 Å². The number of piperidine rings is 1. The molecule has 8 nitrogen and oxygen atoms in total. The largest absolute Gasteiger partial charge is 0.497 e. The Bertz CT molecular complexity index is 947. The summed E-state index contributed by atoms with van der Waals surface area (Å²) in [5, 5.41) is 0. The van der Waals surface area contributed by atoms with Gasteiger partial charge in [-0.2, -0.15) is 0 Å². The van der Waals surface area contributed by atoms with Crippen molar-refractivity contribution in [2.75, 3.05) is 67.1 Å². The van der Waals surface area contributed by atoms with E-state index in [2.05, 4.69) is 9.80 Å². The van der Waals surface area contributed by atoms with Gasteiger partial charge in [-0.1, -0.05) is 0 Å². The SMILES string of the molecule is COc1cc(C)c(S(=O)N(C)CCOCC(=O)N(C)C2CCC(N3CCC(N4CCCC4)CC3)CC2)c(C)c1. The first-order valence-electron chi connectivity index (χ1n) is 14.9. The van der Waals surface area contributed by atoms with Gasteiger partial charge in [0.25, 0.3) is 0 Å². The lowest BCUT2D eigenvalue weighted by molar-refractivity contribution is -0.137. The second-order valence-corrected chi connectivity index (χ2v) is 13.3. The fourth-order valence-electron chi connectivity index (χ4n) is 6.73. The Morgan fingerprint density at radius 3 is 2.08 bits per heavy atom. The Balaban J connectivity index is 1.13. The maximum Gasteiger partial charge on any atom is 0.248 e. The molecule has 0 aromatic heterocycles. The van der Waals surface area contributed by atoms with E-state index in [1.54, 1.807) is 11.4 Å². The van der Waals surface area contributed by atoms with Gasteiger partial charge in [-0.05, 0) is 115 Å². The summed E-state index contributed by atoms with van der Waals surface area (Å²) in [4.78, 5) is 21.0. The highest BCUT2D eigenvalue weighted by Gasteiger charge is 2.33. The van der Waals surface area contributed by atoms with Crippen LogP contribution in [0, 0.1) is 13.8 Å². The molecule has 220 valence electrons. The number of hydrogen-bond acceptors (Lipinski definition) is 6. The van der Waals surface area contributed by atoms with Gasteiger partial charge in [0.05, 0.1) is 18.6 Å². The van der Waals surface area contributed by atoms with Crippen LogP contribution in [-0.4, -0.2) is 114 Å². The molecule has 4 rings (SSSR count). The van der Waals surface area contributed by atoms with E-state index >= 15 is 0 Å². The van der Waals surface area contributed by atoms with Crippen molar-refractivity contribution in [1.82, 2.24) is 19.0 Å². The molecule has 1 unspecified atom stereocenters. The Hall–Kier alpha value is -1.52. The van der Waals surface area contributed by atoms with Crippen LogP contribution in [0.2, 0.25) is 0 Å². The molecule has 0 radical (unpaired) electrons. The maximum absolute atomic E-state index is 13.1. The van der Waals surface area contributed by atoms with Gasteiger partial charge in [0.15, 0.2) is 0 Å². The van der Waals surface area contributed by atoms with Crippen LogP contribution in [0.5, 0.6) is 5.75 Å². The summed E-state index contributed by atoms with van der Waals surface area (Å²) in [6.45, 7) is 9.88. The van der Waals surface area contributed by atoms with Gasteiger partial charge >= 0.3 is 0 Å². The predicted molar refractivity (Wildman–Crippen MR) is 157 cm³/mol. The smallest absolute Gasteiger partial charge is 0.248 e. The van der Waals surface area contributed by atoms with Gasteiger partial charge in [0.1, 0.15) is 23.3 Å². The Morgan fingerprint density at radius 2 is 1.49 bits per heavy atom. The number of benzene rings is 1. The zero-order valence-electron chi connectivity index (χ0n) is 24.8. The summed E-state index contributed by atoms with van der Waals surface area (Å²) < 4.78 is 25.9. The average molecular weight is 563 g/mol. The minimum absolute atomic E-state index is 0.0375. The van der Waals surface area contributed by atoms with E-state index in [9.17, 15) is 9.00 Å². The lowest BCUT2D eigenvalue weighted by Gasteiger charge is -2.43. The van der Waals surface area contributed by atoms with Gasteiger partial charge in [-0.3, -0.25) is 4.79 Å². The Morgan fingerprint density at radius 1 is 0.923 bits per heavy atom. The van der Waals surface area contributed by atoms with Crippen LogP contribution in [0.3, 0.4) is 0 Å². The molecule has 2 heterocycles. The molecule has 2 aliphatic heterocycles. The summed E-state index contributed by atoms with van der Waals surface area (Å²) in [5.41, 5.74) is 1.88. The second kappa shape index (κ2) is 14.4. The van der Waals surface area contributed by atoms with E-state index in [0.29, 0.717) is 25.2 Å². The van der Waals surface area contributed by atoms with E-state index < -0.39 is 11.0 Å². The zero-order valence-corrected chi connectivity index (χ0v) is 25.6. The van der Waals surface area contributed by atoms with Crippen molar-refractivity contribution >= 4 is 16.9 Å². The van der Waals surface area contributed by atoms with E-state index in [1.807, 2.05) is 45.0 Å². The highest BCUT2D eigenvalue weighted by Crippen LogP contribution is 2.30. The second-order valence-electron chi connectivity index (χ2n) is 11.7. The van der Waals surface area contributed by atoms with Crippen LogP contribution in [0.4, 0.5) is 0 Å². The van der Waals surface area contributed by atoms with Crippen molar-refractivity contribution < 1.29 is 18.5 Å². The summed E-state index contributed by atoms with van der Waals surface area (Å²) in [5.74, 6) is 0.806. The van der Waals surface area contributed by atoms with Crippen LogP contribution < -0.4 is 4.74 Å². The zero-order chi connectivity index (χ0) is 27.9. The Labute approximate surface area is 238 Å². The number of likely N-dealkylation sites (N-methyl/N-ethyl adjacent to an activating group) is 2. The molecule has 3 fully saturated rings. The van der Waals surface area contributed by atoms with Crippen molar-refractivity contribution in [1.29, 1.82) is 0 Å². The van der Waals surface area contributed by atoms with Crippen molar-refractivity contribution in [2.45, 2.75) is 88.2 Å². The number of likely N-dealkylation sites (tertiary alicyclic amines) is 2. The third-order valence-electron chi connectivity index (χ3n) is 9.18. The number of carbonyl (C=O) groups is 1. The third-order valence-corrected chi connectivity index (χ3v) is 10.9. The third kappa shape index (κ3) is 7.82. The molecule has 1 saturated carbocycles. The first kappa shape index (κ1) is 30.4. The first-order chi connectivity index (χ1) is 18.8. The van der Waals surface area contributed by atoms with Crippen molar-refractivity contribution in [3.63, 3.8) is 0 Å². The van der Waals surface area contributed by atoms with E-state index in [-0.39, 0.29) is 12.5 Å². The lowest BCUT2D eigenvalue weighted by atomic mass is 9.88. The maximum atomic E-state index is 13.1. The van der Waals surface area contributed by atoms with Gasteiger partial charge in [0.2, 0.25) is 5.91 Å².